The molecule has 0 radical (unpaired) electrons. The van der Waals surface area contributed by atoms with Gasteiger partial charge in [0.15, 0.2) is 0 Å². The molecule has 0 bridgehead atoms. The number of carbonyl (C=O) groups is 2. The van der Waals surface area contributed by atoms with E-state index in [0.29, 0.717) is 12.8 Å². The molecule has 1 aromatic carbocycles. The number of nitrogens with one attached hydrogen (secondary N) is 1. The number of hydrogen-bond acceptors (Lipinski definition) is 3. The van der Waals surface area contributed by atoms with E-state index >= 15 is 0 Å². The molecule has 0 saturated carbocycles. The summed E-state index contributed by atoms with van der Waals surface area (Å²) >= 11 is 3.43. The molecule has 92 valence electrons. The van der Waals surface area contributed by atoms with Gasteiger partial charge in [-0.3, -0.25) is 19.6 Å². The third kappa shape index (κ3) is 1.82. The molecule has 6 heteroatoms. The summed E-state index contributed by atoms with van der Waals surface area (Å²) < 4.78 is 2.53. The van der Waals surface area contributed by atoms with E-state index < -0.39 is 6.04 Å². The van der Waals surface area contributed by atoms with E-state index in [9.17, 15) is 9.59 Å². The fourth-order valence-corrected chi connectivity index (χ4v) is 2.58. The average Bonchev–Trinajstić information content (AvgIpc) is 2.74. The van der Waals surface area contributed by atoms with E-state index in [4.69, 9.17) is 0 Å². The van der Waals surface area contributed by atoms with Gasteiger partial charge in [0, 0.05) is 22.5 Å². The van der Waals surface area contributed by atoms with Crippen molar-refractivity contribution >= 4 is 38.6 Å². The summed E-state index contributed by atoms with van der Waals surface area (Å²) in [5.41, 5.74) is 0.821. The molecule has 2 aromatic rings. The first kappa shape index (κ1) is 11.4. The van der Waals surface area contributed by atoms with E-state index in [2.05, 4.69) is 26.3 Å². The lowest BCUT2D eigenvalue weighted by molar-refractivity contribution is -0.135. The maximum absolute atomic E-state index is 11.8. The molecule has 1 unspecified atom stereocenters. The number of piperidine rings is 1. The quantitative estimate of drug-likeness (QED) is 0.817. The number of rotatable bonds is 1. The Morgan fingerprint density at radius 2 is 2.22 bits per heavy atom. The second kappa shape index (κ2) is 4.20. The van der Waals surface area contributed by atoms with Crippen molar-refractivity contribution < 1.29 is 9.59 Å². The number of aromatic nitrogens is 2. The Bertz CT molecular complexity index is 650. The van der Waals surface area contributed by atoms with E-state index in [-0.39, 0.29) is 11.8 Å². The molecule has 1 aromatic heterocycles. The van der Waals surface area contributed by atoms with Crippen LogP contribution in [0, 0.1) is 0 Å². The number of imide groups is 1. The number of nitrogens with zero attached hydrogens (tertiary/aromatic N) is 2. The number of amides is 2. The molecule has 1 N–H and O–H groups in total. The molecule has 1 atom stereocenters. The summed E-state index contributed by atoms with van der Waals surface area (Å²) in [6.45, 7) is 0. The molecule has 1 aliphatic rings. The third-order valence-corrected chi connectivity index (χ3v) is 3.67. The largest absolute Gasteiger partial charge is 0.295 e. The van der Waals surface area contributed by atoms with E-state index in [0.717, 1.165) is 15.4 Å². The van der Waals surface area contributed by atoms with E-state index in [1.54, 1.807) is 4.68 Å². The predicted molar refractivity (Wildman–Crippen MR) is 68.9 cm³/mol. The van der Waals surface area contributed by atoms with E-state index in [1.165, 1.54) is 0 Å². The highest BCUT2D eigenvalue weighted by Crippen LogP contribution is 2.25. The van der Waals surface area contributed by atoms with Crippen LogP contribution in [0.25, 0.3) is 10.9 Å². The fraction of sp³-hybridized carbons (Fsp3) is 0.250. The fourth-order valence-electron chi connectivity index (χ4n) is 2.12. The minimum absolute atomic E-state index is 0.214. The van der Waals surface area contributed by atoms with Gasteiger partial charge in [-0.2, -0.15) is 5.10 Å². The Hall–Kier alpha value is -1.69. The van der Waals surface area contributed by atoms with Crippen molar-refractivity contribution in [3.8, 4) is 0 Å². The van der Waals surface area contributed by atoms with Gasteiger partial charge in [-0.15, -0.1) is 0 Å². The van der Waals surface area contributed by atoms with Gasteiger partial charge in [-0.1, -0.05) is 12.1 Å². The van der Waals surface area contributed by atoms with Crippen LogP contribution in [0.4, 0.5) is 0 Å². The third-order valence-electron chi connectivity index (χ3n) is 3.03. The monoisotopic (exact) mass is 307 g/mol. The molecule has 5 nitrogen and oxygen atoms in total. The van der Waals surface area contributed by atoms with Gasteiger partial charge in [-0.05, 0) is 28.4 Å². The zero-order chi connectivity index (χ0) is 12.7. The maximum Gasteiger partial charge on any atom is 0.251 e. The molecule has 2 amide bonds. The topological polar surface area (TPSA) is 64.0 Å². The van der Waals surface area contributed by atoms with Crippen molar-refractivity contribution in [1.82, 2.24) is 15.1 Å². The number of halogens is 1. The first-order valence-corrected chi connectivity index (χ1v) is 6.41. The van der Waals surface area contributed by atoms with Crippen molar-refractivity contribution in [2.75, 3.05) is 0 Å². The van der Waals surface area contributed by atoms with Gasteiger partial charge in [0.25, 0.3) is 5.91 Å². The molecular formula is C12H10BrN3O2. The number of hydrogen-bond donors (Lipinski definition) is 1. The van der Waals surface area contributed by atoms with Gasteiger partial charge in [-0.25, -0.2) is 0 Å². The lowest BCUT2D eigenvalue weighted by Crippen LogP contribution is -2.41. The van der Waals surface area contributed by atoms with Crippen LogP contribution in [0.1, 0.15) is 18.9 Å². The van der Waals surface area contributed by atoms with Crippen LogP contribution in [-0.2, 0) is 9.59 Å². The lowest BCUT2D eigenvalue weighted by Gasteiger charge is -2.20. The van der Waals surface area contributed by atoms with Crippen molar-refractivity contribution in [1.29, 1.82) is 0 Å². The van der Waals surface area contributed by atoms with Gasteiger partial charge < -0.3 is 0 Å². The Kier molecular flexibility index (Phi) is 2.66. The first-order valence-electron chi connectivity index (χ1n) is 5.62. The van der Waals surface area contributed by atoms with Crippen LogP contribution in [0.15, 0.2) is 28.9 Å². The Labute approximate surface area is 111 Å². The highest BCUT2D eigenvalue weighted by Gasteiger charge is 2.28. The van der Waals surface area contributed by atoms with Gasteiger partial charge in [0.2, 0.25) is 5.91 Å². The van der Waals surface area contributed by atoms with E-state index in [1.807, 2.05) is 24.4 Å². The van der Waals surface area contributed by atoms with Crippen molar-refractivity contribution in [2.24, 2.45) is 0 Å². The van der Waals surface area contributed by atoms with Crippen molar-refractivity contribution in [3.05, 3.63) is 28.9 Å². The number of benzene rings is 1. The minimum atomic E-state index is -0.401. The molecule has 3 rings (SSSR count). The Balaban J connectivity index is 2.02. The van der Waals surface area contributed by atoms with Gasteiger partial charge in [0.1, 0.15) is 11.6 Å². The average molecular weight is 308 g/mol. The summed E-state index contributed by atoms with van der Waals surface area (Å²) in [5, 5.41) is 7.71. The second-order valence-electron chi connectivity index (χ2n) is 4.25. The molecular weight excluding hydrogens is 298 g/mol. The smallest absolute Gasteiger partial charge is 0.251 e. The Morgan fingerprint density at radius 3 is 2.94 bits per heavy atom. The van der Waals surface area contributed by atoms with Crippen LogP contribution in [0.2, 0.25) is 0 Å². The number of carbonyl (C=O) groups excluding carboxylic acids is 2. The molecule has 0 aliphatic carbocycles. The highest BCUT2D eigenvalue weighted by molar-refractivity contribution is 9.10. The van der Waals surface area contributed by atoms with Crippen LogP contribution < -0.4 is 5.32 Å². The normalized spacial score (nSPS) is 20.2. The second-order valence-corrected chi connectivity index (χ2v) is 5.11. The first-order chi connectivity index (χ1) is 8.65. The lowest BCUT2D eigenvalue weighted by atomic mass is 10.1. The van der Waals surface area contributed by atoms with Crippen LogP contribution in [0.5, 0.6) is 0 Å². The number of fused-ring (bicyclic) bond motifs is 1. The minimum Gasteiger partial charge on any atom is -0.295 e. The van der Waals surface area contributed by atoms with Crippen LogP contribution >= 0.6 is 15.9 Å². The SMILES string of the molecule is O=C1CCC(n2cc3cccc(Br)c3n2)C(=O)N1. The van der Waals surface area contributed by atoms with Gasteiger partial charge >= 0.3 is 0 Å². The van der Waals surface area contributed by atoms with Crippen LogP contribution in [-0.4, -0.2) is 21.6 Å². The van der Waals surface area contributed by atoms with Crippen molar-refractivity contribution in [3.63, 3.8) is 0 Å². The summed E-state index contributed by atoms with van der Waals surface area (Å²) in [6, 6.07) is 5.37. The summed E-state index contributed by atoms with van der Waals surface area (Å²) in [5.74, 6) is -0.496. The van der Waals surface area contributed by atoms with Crippen LogP contribution in [0.3, 0.4) is 0 Å². The van der Waals surface area contributed by atoms with Crippen molar-refractivity contribution in [2.45, 2.75) is 18.9 Å². The Morgan fingerprint density at radius 1 is 1.39 bits per heavy atom. The summed E-state index contributed by atoms with van der Waals surface area (Å²) in [7, 11) is 0. The predicted octanol–water partition coefficient (Wildman–Crippen LogP) is 1.78. The molecule has 2 heterocycles. The maximum atomic E-state index is 11.8. The summed E-state index contributed by atoms with van der Waals surface area (Å²) in [6.07, 6.45) is 2.68. The molecule has 18 heavy (non-hydrogen) atoms. The molecule has 0 spiro atoms. The molecule has 1 saturated heterocycles. The van der Waals surface area contributed by atoms with Gasteiger partial charge in [0.05, 0.1) is 0 Å². The molecule has 1 fully saturated rings. The highest BCUT2D eigenvalue weighted by atomic mass is 79.9. The zero-order valence-electron chi connectivity index (χ0n) is 9.39. The molecule has 1 aliphatic heterocycles. The summed E-state index contributed by atoms with van der Waals surface area (Å²) in [4.78, 5) is 22.9. The zero-order valence-corrected chi connectivity index (χ0v) is 11.0. The standard InChI is InChI=1S/C12H10BrN3O2/c13-8-3-1-2-7-6-16(15-11(7)8)9-4-5-10(17)14-12(9)18/h1-3,6,9H,4-5H2,(H,14,17,18).